The highest BCUT2D eigenvalue weighted by molar-refractivity contribution is 5.11. The Labute approximate surface area is 203 Å². The zero-order chi connectivity index (χ0) is 23.4. The van der Waals surface area contributed by atoms with Crippen molar-refractivity contribution in [3.05, 3.63) is 0 Å². The molecule has 5 rings (SSSR count). The lowest BCUT2D eigenvalue weighted by Gasteiger charge is -2.62. The smallest absolute Gasteiger partial charge is 0.0648 e. The summed E-state index contributed by atoms with van der Waals surface area (Å²) in [5.74, 6) is 5.06. The van der Waals surface area contributed by atoms with E-state index in [1.165, 1.54) is 44.9 Å². The van der Waals surface area contributed by atoms with Crippen molar-refractivity contribution < 1.29 is 14.9 Å². The van der Waals surface area contributed by atoms with Gasteiger partial charge < -0.3 is 14.9 Å². The highest BCUT2D eigenvalue weighted by atomic mass is 16.5. The standard InChI is InChI=1S/C30H52O3/c1-5-30(32)15-14-28(3)22(19-30)6-7-23-25-9-8-24(29(25,4)13-10-26(23)28)20(2)27(31)18-21-11-16-33-17-12-21/h20-27,31-32H,5-19H2,1-4H3/t20?,22?,23?,24?,25?,26?,27?,28?,29?,30-/m0/s1. The average molecular weight is 461 g/mol. The van der Waals surface area contributed by atoms with E-state index in [0.29, 0.717) is 28.6 Å². The zero-order valence-corrected chi connectivity index (χ0v) is 22.0. The van der Waals surface area contributed by atoms with E-state index in [1.54, 1.807) is 0 Å². The molecule has 33 heavy (non-hydrogen) atoms. The first-order chi connectivity index (χ1) is 15.7. The van der Waals surface area contributed by atoms with E-state index in [9.17, 15) is 10.2 Å². The van der Waals surface area contributed by atoms with Gasteiger partial charge in [-0.25, -0.2) is 0 Å². The number of aliphatic hydroxyl groups is 2. The SMILES string of the molecule is CC[C@]1(O)CCC2(C)C(CCC3C2CCC2(C)C(C(C)C(O)CC4CCOCC4)CCC32)C1. The minimum atomic E-state index is -0.394. The summed E-state index contributed by atoms with van der Waals surface area (Å²) in [4.78, 5) is 0. The normalized spacial score (nSPS) is 50.2. The molecule has 0 aromatic rings. The van der Waals surface area contributed by atoms with Gasteiger partial charge in [0, 0.05) is 13.2 Å². The Bertz CT molecular complexity index is 688. The fraction of sp³-hybridized carbons (Fsp3) is 1.00. The summed E-state index contributed by atoms with van der Waals surface area (Å²) in [5.41, 5.74) is 0.464. The Morgan fingerprint density at radius 2 is 1.61 bits per heavy atom. The molecule has 3 nitrogen and oxygen atoms in total. The van der Waals surface area contributed by atoms with Crippen molar-refractivity contribution in [1.82, 2.24) is 0 Å². The summed E-state index contributed by atoms with van der Waals surface area (Å²) in [7, 11) is 0. The van der Waals surface area contributed by atoms with Crippen LogP contribution in [0, 0.1) is 52.3 Å². The van der Waals surface area contributed by atoms with E-state index >= 15 is 0 Å². The van der Waals surface area contributed by atoms with Crippen LogP contribution in [0.3, 0.4) is 0 Å². The molecule has 0 amide bonds. The molecule has 0 bridgehead atoms. The Morgan fingerprint density at radius 1 is 0.879 bits per heavy atom. The van der Waals surface area contributed by atoms with Gasteiger partial charge in [-0.2, -0.15) is 0 Å². The van der Waals surface area contributed by atoms with Crippen LogP contribution in [0.25, 0.3) is 0 Å². The Balaban J connectivity index is 1.28. The molecule has 5 fully saturated rings. The summed E-state index contributed by atoms with van der Waals surface area (Å²) in [6.07, 6.45) is 15.5. The molecule has 190 valence electrons. The van der Waals surface area contributed by atoms with Crippen LogP contribution in [-0.2, 0) is 4.74 Å². The molecule has 10 atom stereocenters. The number of hydrogen-bond acceptors (Lipinski definition) is 3. The summed E-state index contributed by atoms with van der Waals surface area (Å²) in [6.45, 7) is 11.5. The van der Waals surface area contributed by atoms with Crippen LogP contribution in [0.2, 0.25) is 0 Å². The fourth-order valence-corrected chi connectivity index (χ4v) is 10.4. The van der Waals surface area contributed by atoms with Gasteiger partial charge in [0.05, 0.1) is 11.7 Å². The molecule has 4 aliphatic carbocycles. The number of hydrogen-bond donors (Lipinski definition) is 2. The lowest BCUT2D eigenvalue weighted by molar-refractivity contribution is -0.154. The number of ether oxygens (including phenoxy) is 1. The minimum Gasteiger partial charge on any atom is -0.393 e. The Morgan fingerprint density at radius 3 is 2.33 bits per heavy atom. The van der Waals surface area contributed by atoms with E-state index in [4.69, 9.17) is 4.74 Å². The highest BCUT2D eigenvalue weighted by Crippen LogP contribution is 2.69. The summed E-state index contributed by atoms with van der Waals surface area (Å²) in [5, 5.41) is 22.3. The fourth-order valence-electron chi connectivity index (χ4n) is 10.4. The first-order valence-electron chi connectivity index (χ1n) is 14.7. The van der Waals surface area contributed by atoms with Crippen LogP contribution in [-0.4, -0.2) is 35.1 Å². The summed E-state index contributed by atoms with van der Waals surface area (Å²) >= 11 is 0. The zero-order valence-electron chi connectivity index (χ0n) is 22.0. The van der Waals surface area contributed by atoms with Crippen LogP contribution in [0.4, 0.5) is 0 Å². The largest absolute Gasteiger partial charge is 0.393 e. The van der Waals surface area contributed by atoms with Gasteiger partial charge in [-0.3, -0.25) is 0 Å². The second-order valence-electron chi connectivity index (χ2n) is 13.9. The summed E-state index contributed by atoms with van der Waals surface area (Å²) in [6, 6.07) is 0. The lowest BCUT2D eigenvalue weighted by atomic mass is 9.43. The molecule has 2 N–H and O–H groups in total. The molecule has 0 aromatic heterocycles. The molecule has 0 radical (unpaired) electrons. The maximum Gasteiger partial charge on any atom is 0.0648 e. The highest BCUT2D eigenvalue weighted by Gasteiger charge is 2.61. The Hall–Kier alpha value is -0.120. The maximum absolute atomic E-state index is 11.3. The third-order valence-corrected chi connectivity index (χ3v) is 12.7. The average Bonchev–Trinajstić information content (AvgIpc) is 3.17. The van der Waals surface area contributed by atoms with Crippen molar-refractivity contribution in [2.75, 3.05) is 13.2 Å². The predicted molar refractivity (Wildman–Crippen MR) is 134 cm³/mol. The van der Waals surface area contributed by atoms with Crippen molar-refractivity contribution in [1.29, 1.82) is 0 Å². The van der Waals surface area contributed by atoms with Crippen LogP contribution in [0.5, 0.6) is 0 Å². The maximum atomic E-state index is 11.3. The van der Waals surface area contributed by atoms with Gasteiger partial charge in [0.1, 0.15) is 0 Å². The minimum absolute atomic E-state index is 0.148. The van der Waals surface area contributed by atoms with E-state index in [2.05, 4.69) is 27.7 Å². The number of fused-ring (bicyclic) bond motifs is 5. The van der Waals surface area contributed by atoms with Gasteiger partial charge >= 0.3 is 0 Å². The number of aliphatic hydroxyl groups excluding tert-OH is 1. The molecule has 0 spiro atoms. The van der Waals surface area contributed by atoms with E-state index in [1.807, 2.05) is 0 Å². The molecule has 1 saturated heterocycles. The number of rotatable bonds is 5. The third-order valence-electron chi connectivity index (χ3n) is 12.7. The topological polar surface area (TPSA) is 49.7 Å². The molecule has 9 unspecified atom stereocenters. The predicted octanol–water partition coefficient (Wildman–Crippen LogP) is 6.60. The molecule has 3 heteroatoms. The lowest BCUT2D eigenvalue weighted by Crippen LogP contribution is -2.56. The molecule has 5 aliphatic rings. The first-order valence-corrected chi connectivity index (χ1v) is 14.7. The Kier molecular flexibility index (Phi) is 6.76. The van der Waals surface area contributed by atoms with Crippen LogP contribution >= 0.6 is 0 Å². The van der Waals surface area contributed by atoms with E-state index < -0.39 is 5.60 Å². The van der Waals surface area contributed by atoms with Crippen molar-refractivity contribution in [2.24, 2.45) is 52.3 Å². The first kappa shape index (κ1) is 24.6. The monoisotopic (exact) mass is 460 g/mol. The van der Waals surface area contributed by atoms with Crippen molar-refractivity contribution in [3.63, 3.8) is 0 Å². The van der Waals surface area contributed by atoms with E-state index in [0.717, 1.165) is 75.4 Å². The van der Waals surface area contributed by atoms with Gasteiger partial charge in [-0.05, 0) is 136 Å². The van der Waals surface area contributed by atoms with Crippen LogP contribution < -0.4 is 0 Å². The van der Waals surface area contributed by atoms with Gasteiger partial charge in [0.25, 0.3) is 0 Å². The van der Waals surface area contributed by atoms with Crippen molar-refractivity contribution in [3.8, 4) is 0 Å². The van der Waals surface area contributed by atoms with Gasteiger partial charge in [-0.1, -0.05) is 27.7 Å². The van der Waals surface area contributed by atoms with Crippen molar-refractivity contribution in [2.45, 2.75) is 123 Å². The third kappa shape index (κ3) is 4.14. The van der Waals surface area contributed by atoms with Crippen LogP contribution in [0.15, 0.2) is 0 Å². The molecular weight excluding hydrogens is 408 g/mol. The molecule has 1 heterocycles. The molecule has 1 aliphatic heterocycles. The van der Waals surface area contributed by atoms with E-state index in [-0.39, 0.29) is 6.10 Å². The molecule has 4 saturated carbocycles. The second kappa shape index (κ2) is 9.07. The quantitative estimate of drug-likeness (QED) is 0.486. The summed E-state index contributed by atoms with van der Waals surface area (Å²) < 4.78 is 5.55. The van der Waals surface area contributed by atoms with Crippen molar-refractivity contribution >= 4 is 0 Å². The van der Waals surface area contributed by atoms with Crippen LogP contribution in [0.1, 0.15) is 111 Å². The van der Waals surface area contributed by atoms with Gasteiger partial charge in [0.2, 0.25) is 0 Å². The molecule has 0 aromatic carbocycles. The van der Waals surface area contributed by atoms with Gasteiger partial charge in [0.15, 0.2) is 0 Å². The van der Waals surface area contributed by atoms with Gasteiger partial charge in [-0.15, -0.1) is 0 Å². The second-order valence-corrected chi connectivity index (χ2v) is 13.9. The molecular formula is C30H52O3.